The van der Waals surface area contributed by atoms with Crippen molar-refractivity contribution in [2.45, 2.75) is 6.42 Å². The first kappa shape index (κ1) is 18.8. The molecule has 0 radical (unpaired) electrons. The van der Waals surface area contributed by atoms with E-state index in [-0.39, 0.29) is 0 Å². The molecule has 128 valence electrons. The number of benzene rings is 2. The van der Waals surface area contributed by atoms with Crippen molar-refractivity contribution >= 4 is 50.5 Å². The van der Waals surface area contributed by atoms with Crippen molar-refractivity contribution in [3.8, 4) is 11.5 Å². The lowest BCUT2D eigenvalue weighted by atomic mass is 10.1. The van der Waals surface area contributed by atoms with E-state index in [1.807, 2.05) is 36.4 Å². The Labute approximate surface area is 160 Å². The summed E-state index contributed by atoms with van der Waals surface area (Å²) in [5.74, 6) is 1.44. The largest absolute Gasteiger partial charge is 0.493 e. The fourth-order valence-corrected chi connectivity index (χ4v) is 3.05. The third-order valence-corrected chi connectivity index (χ3v) is 4.38. The van der Waals surface area contributed by atoms with Crippen molar-refractivity contribution < 1.29 is 9.47 Å². The smallest absolute Gasteiger partial charge is 0.170 e. The van der Waals surface area contributed by atoms with Crippen LogP contribution in [-0.2, 0) is 6.42 Å². The van der Waals surface area contributed by atoms with Crippen LogP contribution in [0, 0.1) is 0 Å². The third-order valence-electron chi connectivity index (χ3n) is 3.33. The molecule has 0 unspecified atom stereocenters. The maximum atomic E-state index is 6.16. The normalized spacial score (nSPS) is 10.2. The summed E-state index contributed by atoms with van der Waals surface area (Å²) in [5, 5.41) is 7.39. The lowest BCUT2D eigenvalue weighted by Gasteiger charge is -2.13. The second-order valence-corrected chi connectivity index (χ2v) is 6.68. The van der Waals surface area contributed by atoms with E-state index < -0.39 is 0 Å². The molecule has 2 N–H and O–H groups in total. The molecule has 2 rings (SSSR count). The molecule has 2 aromatic carbocycles. The molecule has 24 heavy (non-hydrogen) atoms. The molecule has 0 aliphatic carbocycles. The van der Waals surface area contributed by atoms with E-state index in [0.29, 0.717) is 16.7 Å². The highest BCUT2D eigenvalue weighted by atomic mass is 79.9. The lowest BCUT2D eigenvalue weighted by molar-refractivity contribution is 0.354. The van der Waals surface area contributed by atoms with Gasteiger partial charge in [-0.15, -0.1) is 0 Å². The average Bonchev–Trinajstić information content (AvgIpc) is 2.57. The molecule has 0 saturated carbocycles. The Morgan fingerprint density at radius 2 is 1.88 bits per heavy atom. The van der Waals surface area contributed by atoms with Gasteiger partial charge >= 0.3 is 0 Å². The van der Waals surface area contributed by atoms with Crippen molar-refractivity contribution in [2.75, 3.05) is 26.1 Å². The second kappa shape index (κ2) is 9.11. The van der Waals surface area contributed by atoms with Crippen LogP contribution < -0.4 is 20.1 Å². The summed E-state index contributed by atoms with van der Waals surface area (Å²) in [6.45, 7) is 0.690. The van der Waals surface area contributed by atoms with Crippen LogP contribution in [0.5, 0.6) is 11.5 Å². The molecule has 0 aromatic heterocycles. The zero-order valence-corrected chi connectivity index (χ0v) is 16.5. The van der Waals surface area contributed by atoms with Crippen molar-refractivity contribution in [1.82, 2.24) is 5.32 Å². The number of hydrogen-bond acceptors (Lipinski definition) is 3. The van der Waals surface area contributed by atoms with Gasteiger partial charge in [-0.2, -0.15) is 0 Å². The van der Waals surface area contributed by atoms with Gasteiger partial charge in [-0.05, 0) is 54.5 Å². The first-order valence-electron chi connectivity index (χ1n) is 7.24. The van der Waals surface area contributed by atoms with E-state index in [1.54, 1.807) is 14.2 Å². The summed E-state index contributed by atoms with van der Waals surface area (Å²) < 4.78 is 11.5. The molecule has 0 atom stereocenters. The lowest BCUT2D eigenvalue weighted by Crippen LogP contribution is -2.30. The Hall–Kier alpha value is -1.50. The molecule has 0 bridgehead atoms. The molecular formula is C17H18BrClN2O2S. The molecule has 4 nitrogen and oxygen atoms in total. The van der Waals surface area contributed by atoms with E-state index in [0.717, 1.165) is 33.6 Å². The van der Waals surface area contributed by atoms with Gasteiger partial charge in [0.25, 0.3) is 0 Å². The highest BCUT2D eigenvalue weighted by Crippen LogP contribution is 2.28. The SMILES string of the molecule is COc1ccc(CCNC(=S)Nc2ccc(Br)cc2Cl)cc1OC. The van der Waals surface area contributed by atoms with Crippen molar-refractivity contribution in [3.63, 3.8) is 0 Å². The minimum Gasteiger partial charge on any atom is -0.493 e. The quantitative estimate of drug-likeness (QED) is 0.654. The summed E-state index contributed by atoms with van der Waals surface area (Å²) >= 11 is 14.8. The molecule has 0 heterocycles. The van der Waals surface area contributed by atoms with Crippen molar-refractivity contribution in [2.24, 2.45) is 0 Å². The van der Waals surface area contributed by atoms with E-state index >= 15 is 0 Å². The number of ether oxygens (including phenoxy) is 2. The van der Waals surface area contributed by atoms with Crippen LogP contribution in [0.4, 0.5) is 5.69 Å². The minimum absolute atomic E-state index is 0.527. The fourth-order valence-electron chi connectivity index (χ4n) is 2.11. The topological polar surface area (TPSA) is 42.5 Å². The van der Waals surface area contributed by atoms with Gasteiger partial charge in [-0.1, -0.05) is 33.6 Å². The van der Waals surface area contributed by atoms with Crippen molar-refractivity contribution in [1.29, 1.82) is 0 Å². The van der Waals surface area contributed by atoms with Crippen LogP contribution in [0.1, 0.15) is 5.56 Å². The number of methoxy groups -OCH3 is 2. The Morgan fingerprint density at radius 1 is 1.12 bits per heavy atom. The maximum absolute atomic E-state index is 6.16. The first-order valence-corrected chi connectivity index (χ1v) is 8.82. The van der Waals surface area contributed by atoms with Crippen LogP contribution in [0.3, 0.4) is 0 Å². The van der Waals surface area contributed by atoms with Gasteiger partial charge in [-0.25, -0.2) is 0 Å². The Bertz CT molecular complexity index is 728. The fraction of sp³-hybridized carbons (Fsp3) is 0.235. The van der Waals surface area contributed by atoms with Crippen molar-refractivity contribution in [3.05, 3.63) is 51.5 Å². The molecule has 0 fully saturated rings. The molecular weight excluding hydrogens is 412 g/mol. The zero-order valence-electron chi connectivity index (χ0n) is 13.4. The molecule has 0 amide bonds. The molecule has 2 aromatic rings. The molecule has 0 aliphatic heterocycles. The second-order valence-electron chi connectivity index (χ2n) is 4.94. The standard InChI is InChI=1S/C17H18BrClN2O2S/c1-22-15-6-3-11(9-16(15)23-2)7-8-20-17(24)21-14-5-4-12(18)10-13(14)19/h3-6,9-10H,7-8H2,1-2H3,(H2,20,21,24). The van der Waals surface area contributed by atoms with Gasteiger partial charge in [0.2, 0.25) is 0 Å². The number of rotatable bonds is 6. The summed E-state index contributed by atoms with van der Waals surface area (Å²) in [5.41, 5.74) is 1.90. The molecule has 7 heteroatoms. The monoisotopic (exact) mass is 428 g/mol. The van der Waals surface area contributed by atoms with E-state index in [2.05, 4.69) is 26.6 Å². The van der Waals surface area contributed by atoms with E-state index in [1.165, 1.54) is 0 Å². The van der Waals surface area contributed by atoms with Crippen LogP contribution in [-0.4, -0.2) is 25.9 Å². The molecule has 0 aliphatic rings. The highest BCUT2D eigenvalue weighted by molar-refractivity contribution is 9.10. The van der Waals surface area contributed by atoms with Crippen LogP contribution in [0.15, 0.2) is 40.9 Å². The first-order chi connectivity index (χ1) is 11.5. The van der Waals surface area contributed by atoms with Gasteiger partial charge in [0.1, 0.15) is 0 Å². The summed E-state index contributed by atoms with van der Waals surface area (Å²) in [4.78, 5) is 0. The van der Waals surface area contributed by atoms with E-state index in [9.17, 15) is 0 Å². The van der Waals surface area contributed by atoms with Gasteiger partial charge < -0.3 is 20.1 Å². The molecule has 0 spiro atoms. The number of thiocarbonyl (C=S) groups is 1. The predicted molar refractivity (Wildman–Crippen MR) is 107 cm³/mol. The van der Waals surface area contributed by atoms with Gasteiger partial charge in [0.15, 0.2) is 16.6 Å². The number of nitrogens with one attached hydrogen (secondary N) is 2. The Morgan fingerprint density at radius 3 is 2.54 bits per heavy atom. The summed E-state index contributed by atoms with van der Waals surface area (Å²) in [7, 11) is 3.25. The number of halogens is 2. The number of anilines is 1. The Kier molecular flexibility index (Phi) is 7.15. The van der Waals surface area contributed by atoms with Crippen LogP contribution >= 0.6 is 39.7 Å². The van der Waals surface area contributed by atoms with Gasteiger partial charge in [0, 0.05) is 11.0 Å². The van der Waals surface area contributed by atoms with Gasteiger partial charge in [0.05, 0.1) is 24.9 Å². The predicted octanol–water partition coefficient (Wildman–Crippen LogP) is 4.65. The maximum Gasteiger partial charge on any atom is 0.170 e. The third kappa shape index (κ3) is 5.26. The minimum atomic E-state index is 0.527. The number of hydrogen-bond donors (Lipinski definition) is 2. The Balaban J connectivity index is 1.86. The zero-order chi connectivity index (χ0) is 17.5. The average molecular weight is 430 g/mol. The summed E-state index contributed by atoms with van der Waals surface area (Å²) in [6.07, 6.45) is 0.802. The highest BCUT2D eigenvalue weighted by Gasteiger charge is 2.06. The summed E-state index contributed by atoms with van der Waals surface area (Å²) in [6, 6.07) is 11.4. The van der Waals surface area contributed by atoms with Crippen LogP contribution in [0.25, 0.3) is 0 Å². The van der Waals surface area contributed by atoms with E-state index in [4.69, 9.17) is 33.3 Å². The molecule has 0 saturated heterocycles. The van der Waals surface area contributed by atoms with Crippen LogP contribution in [0.2, 0.25) is 5.02 Å². The van der Waals surface area contributed by atoms with Gasteiger partial charge in [-0.3, -0.25) is 0 Å².